The molecule has 3 rings (SSSR count). The van der Waals surface area contributed by atoms with Crippen molar-refractivity contribution in [1.82, 2.24) is 0 Å². The summed E-state index contributed by atoms with van der Waals surface area (Å²) >= 11 is 0. The van der Waals surface area contributed by atoms with Crippen LogP contribution in [0.25, 0.3) is 0 Å². The van der Waals surface area contributed by atoms with Gasteiger partial charge in [-0.2, -0.15) is 0 Å². The third-order valence-electron chi connectivity index (χ3n) is 4.81. The highest BCUT2D eigenvalue weighted by Gasteiger charge is 2.20. The summed E-state index contributed by atoms with van der Waals surface area (Å²) in [5.74, 6) is -0.0402. The summed E-state index contributed by atoms with van der Waals surface area (Å²) in [5, 5.41) is 6.30. The van der Waals surface area contributed by atoms with E-state index < -0.39 is 0 Å². The van der Waals surface area contributed by atoms with E-state index in [-0.39, 0.29) is 17.8 Å². The molecule has 2 aromatic carbocycles. The lowest BCUT2D eigenvalue weighted by Crippen LogP contribution is -2.24. The van der Waals surface area contributed by atoms with Crippen molar-refractivity contribution in [3.05, 3.63) is 54.1 Å². The van der Waals surface area contributed by atoms with Gasteiger partial charge < -0.3 is 15.4 Å². The molecular weight excluding hydrogens is 340 g/mol. The number of anilines is 3. The molecule has 0 radical (unpaired) electrons. The molecule has 5 heteroatoms. The minimum atomic E-state index is -0.317. The second kappa shape index (κ2) is 9.21. The summed E-state index contributed by atoms with van der Waals surface area (Å²) in [5.41, 5.74) is 3.13. The van der Waals surface area contributed by atoms with Gasteiger partial charge in [-0.3, -0.25) is 4.79 Å². The van der Waals surface area contributed by atoms with E-state index in [2.05, 4.69) is 10.6 Å². The Hall–Kier alpha value is -2.82. The van der Waals surface area contributed by atoms with Gasteiger partial charge >= 0.3 is 5.97 Å². The molecule has 2 N–H and O–H groups in total. The highest BCUT2D eigenvalue weighted by Crippen LogP contribution is 2.25. The number of esters is 1. The molecule has 0 aromatic heterocycles. The number of rotatable bonds is 6. The summed E-state index contributed by atoms with van der Waals surface area (Å²) in [6.45, 7) is 2.15. The molecule has 0 bridgehead atoms. The number of hydrogen-bond donors (Lipinski definition) is 2. The Bertz CT molecular complexity index is 763. The Morgan fingerprint density at radius 2 is 1.44 bits per heavy atom. The van der Waals surface area contributed by atoms with E-state index in [9.17, 15) is 9.59 Å². The largest absolute Gasteiger partial charge is 0.462 e. The fourth-order valence-electron chi connectivity index (χ4n) is 3.32. The minimum Gasteiger partial charge on any atom is -0.462 e. The van der Waals surface area contributed by atoms with Crippen molar-refractivity contribution in [2.75, 3.05) is 17.2 Å². The van der Waals surface area contributed by atoms with E-state index in [0.29, 0.717) is 12.2 Å². The van der Waals surface area contributed by atoms with Crippen LogP contribution in [0.4, 0.5) is 17.1 Å². The summed E-state index contributed by atoms with van der Waals surface area (Å²) < 4.78 is 4.98. The molecule has 5 nitrogen and oxygen atoms in total. The second-order valence-electron chi connectivity index (χ2n) is 6.82. The number of ether oxygens (including phenoxy) is 1. The zero-order valence-electron chi connectivity index (χ0n) is 15.7. The van der Waals surface area contributed by atoms with Crippen LogP contribution in [0.15, 0.2) is 48.5 Å². The van der Waals surface area contributed by atoms with Crippen LogP contribution in [0.2, 0.25) is 0 Å². The van der Waals surface area contributed by atoms with Gasteiger partial charge in [-0.05, 0) is 68.3 Å². The van der Waals surface area contributed by atoms with Crippen molar-refractivity contribution in [2.24, 2.45) is 5.92 Å². The van der Waals surface area contributed by atoms with Gasteiger partial charge in [-0.1, -0.05) is 19.3 Å². The van der Waals surface area contributed by atoms with E-state index >= 15 is 0 Å². The fraction of sp³-hybridized carbons (Fsp3) is 0.364. The summed E-state index contributed by atoms with van der Waals surface area (Å²) in [6.07, 6.45) is 5.53. The molecule has 142 valence electrons. The van der Waals surface area contributed by atoms with Crippen molar-refractivity contribution >= 4 is 28.9 Å². The van der Waals surface area contributed by atoms with E-state index in [1.54, 1.807) is 19.1 Å². The molecule has 2 aromatic rings. The Morgan fingerprint density at radius 3 is 2.04 bits per heavy atom. The molecule has 0 spiro atoms. The van der Waals surface area contributed by atoms with Crippen LogP contribution in [0, 0.1) is 5.92 Å². The van der Waals surface area contributed by atoms with Crippen molar-refractivity contribution < 1.29 is 14.3 Å². The molecule has 1 fully saturated rings. The maximum Gasteiger partial charge on any atom is 0.338 e. The molecular formula is C22H26N2O3. The number of carbonyl (C=O) groups is 2. The maximum absolute atomic E-state index is 12.3. The van der Waals surface area contributed by atoms with Gasteiger partial charge in [0.15, 0.2) is 0 Å². The summed E-state index contributed by atoms with van der Waals surface area (Å²) in [4.78, 5) is 24.0. The normalized spacial score (nSPS) is 14.4. The van der Waals surface area contributed by atoms with E-state index in [0.717, 1.165) is 42.7 Å². The van der Waals surface area contributed by atoms with Crippen LogP contribution < -0.4 is 10.6 Å². The monoisotopic (exact) mass is 366 g/mol. The van der Waals surface area contributed by atoms with Crippen LogP contribution >= 0.6 is 0 Å². The number of benzene rings is 2. The first kappa shape index (κ1) is 19.0. The standard InChI is InChI=1S/C22H26N2O3/c1-2-27-22(26)17-8-10-18(11-9-17)23-19-12-14-20(15-13-19)24-21(25)16-6-4-3-5-7-16/h8-16,23H,2-7H2,1H3,(H,24,25). The van der Waals surface area contributed by atoms with E-state index in [4.69, 9.17) is 4.74 Å². The second-order valence-corrected chi connectivity index (χ2v) is 6.82. The molecule has 1 aliphatic rings. The molecule has 1 aliphatic carbocycles. The van der Waals surface area contributed by atoms with Crippen molar-refractivity contribution in [1.29, 1.82) is 0 Å². The highest BCUT2D eigenvalue weighted by molar-refractivity contribution is 5.93. The molecule has 0 heterocycles. The van der Waals surface area contributed by atoms with Crippen LogP contribution in [0.1, 0.15) is 49.4 Å². The van der Waals surface area contributed by atoms with Crippen LogP contribution in [0.5, 0.6) is 0 Å². The van der Waals surface area contributed by atoms with Gasteiger partial charge in [0.05, 0.1) is 12.2 Å². The quantitative estimate of drug-likeness (QED) is 0.696. The number of hydrogen-bond acceptors (Lipinski definition) is 4. The molecule has 0 atom stereocenters. The van der Waals surface area contributed by atoms with E-state index in [1.165, 1.54) is 6.42 Å². The Balaban J connectivity index is 1.55. The number of nitrogens with one attached hydrogen (secondary N) is 2. The first-order valence-corrected chi connectivity index (χ1v) is 9.61. The molecule has 1 amide bonds. The lowest BCUT2D eigenvalue weighted by molar-refractivity contribution is -0.120. The Labute approximate surface area is 160 Å². The first-order valence-electron chi connectivity index (χ1n) is 9.61. The van der Waals surface area contributed by atoms with Gasteiger partial charge in [0, 0.05) is 23.0 Å². The van der Waals surface area contributed by atoms with Gasteiger partial charge in [0.1, 0.15) is 0 Å². The van der Waals surface area contributed by atoms with Crippen LogP contribution in [-0.2, 0) is 9.53 Å². The summed E-state index contributed by atoms with van der Waals surface area (Å²) in [7, 11) is 0. The van der Waals surface area contributed by atoms with Gasteiger partial charge in [0.25, 0.3) is 0 Å². The third kappa shape index (κ3) is 5.33. The molecule has 0 unspecified atom stereocenters. The minimum absolute atomic E-state index is 0.130. The van der Waals surface area contributed by atoms with Gasteiger partial charge in [-0.15, -0.1) is 0 Å². The average Bonchev–Trinajstić information content (AvgIpc) is 2.71. The number of carbonyl (C=O) groups excluding carboxylic acids is 2. The molecule has 0 saturated heterocycles. The Morgan fingerprint density at radius 1 is 0.889 bits per heavy atom. The van der Waals surface area contributed by atoms with Crippen molar-refractivity contribution in [2.45, 2.75) is 39.0 Å². The van der Waals surface area contributed by atoms with Crippen molar-refractivity contribution in [3.8, 4) is 0 Å². The predicted octanol–water partition coefficient (Wildman–Crippen LogP) is 5.13. The zero-order chi connectivity index (χ0) is 19.1. The lowest BCUT2D eigenvalue weighted by atomic mass is 9.88. The smallest absolute Gasteiger partial charge is 0.338 e. The van der Waals surface area contributed by atoms with Crippen molar-refractivity contribution in [3.63, 3.8) is 0 Å². The molecule has 27 heavy (non-hydrogen) atoms. The topological polar surface area (TPSA) is 67.4 Å². The average molecular weight is 366 g/mol. The SMILES string of the molecule is CCOC(=O)c1ccc(Nc2ccc(NC(=O)C3CCCCC3)cc2)cc1. The third-order valence-corrected chi connectivity index (χ3v) is 4.81. The van der Waals surface area contributed by atoms with Gasteiger partial charge in [-0.25, -0.2) is 4.79 Å². The molecule has 1 saturated carbocycles. The van der Waals surface area contributed by atoms with E-state index in [1.807, 2.05) is 36.4 Å². The van der Waals surface area contributed by atoms with Crippen LogP contribution in [-0.4, -0.2) is 18.5 Å². The molecule has 0 aliphatic heterocycles. The number of amides is 1. The highest BCUT2D eigenvalue weighted by atomic mass is 16.5. The van der Waals surface area contributed by atoms with Crippen LogP contribution in [0.3, 0.4) is 0 Å². The predicted molar refractivity (Wildman–Crippen MR) is 107 cm³/mol. The summed E-state index contributed by atoms with van der Waals surface area (Å²) in [6, 6.07) is 14.8. The fourth-order valence-corrected chi connectivity index (χ4v) is 3.32. The van der Waals surface area contributed by atoms with Gasteiger partial charge in [0.2, 0.25) is 5.91 Å². The Kier molecular flexibility index (Phi) is 6.47. The lowest BCUT2D eigenvalue weighted by Gasteiger charge is -2.20. The first-order chi connectivity index (χ1) is 13.2. The maximum atomic E-state index is 12.3. The zero-order valence-corrected chi connectivity index (χ0v) is 15.7.